The van der Waals surface area contributed by atoms with E-state index in [1.165, 1.54) is 12.8 Å². The number of rotatable bonds is 4. The first-order chi connectivity index (χ1) is 9.95. The zero-order valence-corrected chi connectivity index (χ0v) is 12.0. The van der Waals surface area contributed by atoms with Crippen LogP contribution >= 0.6 is 0 Å². The van der Waals surface area contributed by atoms with Crippen LogP contribution in [0, 0.1) is 5.92 Å². The van der Waals surface area contributed by atoms with Crippen LogP contribution in [-0.2, 0) is 10.9 Å². The van der Waals surface area contributed by atoms with Gasteiger partial charge < -0.3 is 10.1 Å². The second-order valence-corrected chi connectivity index (χ2v) is 6.08. The van der Waals surface area contributed by atoms with E-state index in [-0.39, 0.29) is 12.1 Å². The van der Waals surface area contributed by atoms with Crippen molar-refractivity contribution in [2.75, 3.05) is 6.61 Å². The minimum atomic E-state index is -4.27. The molecule has 0 spiro atoms. The van der Waals surface area contributed by atoms with E-state index in [2.05, 4.69) is 5.32 Å². The van der Waals surface area contributed by atoms with Gasteiger partial charge in [-0.1, -0.05) is 12.1 Å². The first-order valence-electron chi connectivity index (χ1n) is 7.50. The molecule has 3 rings (SSSR count). The topological polar surface area (TPSA) is 21.3 Å². The Kier molecular flexibility index (Phi) is 3.97. The van der Waals surface area contributed by atoms with E-state index in [1.807, 2.05) is 6.92 Å². The van der Waals surface area contributed by atoms with E-state index in [9.17, 15) is 13.2 Å². The van der Waals surface area contributed by atoms with Gasteiger partial charge in [0.2, 0.25) is 0 Å². The van der Waals surface area contributed by atoms with Crippen LogP contribution in [0.2, 0.25) is 0 Å². The summed E-state index contributed by atoms with van der Waals surface area (Å²) < 4.78 is 43.5. The van der Waals surface area contributed by atoms with Crippen LogP contribution < -0.4 is 5.32 Å². The fraction of sp³-hybridized carbons (Fsp3) is 0.625. The van der Waals surface area contributed by atoms with Gasteiger partial charge in [-0.05, 0) is 49.8 Å². The predicted molar refractivity (Wildman–Crippen MR) is 73.9 cm³/mol. The van der Waals surface area contributed by atoms with Gasteiger partial charge in [0.15, 0.2) is 0 Å². The Labute approximate surface area is 122 Å². The Morgan fingerprint density at radius 2 is 1.81 bits per heavy atom. The van der Waals surface area contributed by atoms with Gasteiger partial charge in [0.25, 0.3) is 0 Å². The highest BCUT2D eigenvalue weighted by molar-refractivity contribution is 5.26. The molecule has 2 fully saturated rings. The van der Waals surface area contributed by atoms with E-state index in [1.54, 1.807) is 12.1 Å². The molecule has 1 saturated carbocycles. The zero-order valence-electron chi connectivity index (χ0n) is 12.0. The maximum atomic E-state index is 12.6. The lowest BCUT2D eigenvalue weighted by Crippen LogP contribution is -2.39. The van der Waals surface area contributed by atoms with Crippen molar-refractivity contribution in [1.29, 1.82) is 0 Å². The predicted octanol–water partition coefficient (Wildman–Crippen LogP) is 3.92. The van der Waals surface area contributed by atoms with E-state index >= 15 is 0 Å². The van der Waals surface area contributed by atoms with Gasteiger partial charge in [-0.3, -0.25) is 0 Å². The third-order valence-corrected chi connectivity index (χ3v) is 4.42. The summed E-state index contributed by atoms with van der Waals surface area (Å²) in [6, 6.07) is 5.76. The number of hydrogen-bond donors (Lipinski definition) is 1. The number of halogens is 3. The molecule has 1 aliphatic heterocycles. The summed E-state index contributed by atoms with van der Waals surface area (Å²) in [5.41, 5.74) is 0.281. The first kappa shape index (κ1) is 14.9. The van der Waals surface area contributed by atoms with Gasteiger partial charge >= 0.3 is 6.18 Å². The molecule has 1 aliphatic carbocycles. The molecule has 1 saturated heterocycles. The van der Waals surface area contributed by atoms with Crippen LogP contribution in [-0.4, -0.2) is 18.8 Å². The normalized spacial score (nSPS) is 27.8. The van der Waals surface area contributed by atoms with Crippen LogP contribution in [0.15, 0.2) is 24.3 Å². The number of ether oxygens (including phenoxy) is 1. The van der Waals surface area contributed by atoms with Crippen molar-refractivity contribution in [1.82, 2.24) is 5.32 Å². The monoisotopic (exact) mass is 299 g/mol. The minimum Gasteiger partial charge on any atom is -0.376 e. The molecule has 116 valence electrons. The lowest BCUT2D eigenvalue weighted by atomic mass is 10.0. The summed E-state index contributed by atoms with van der Waals surface area (Å²) in [4.78, 5) is 0. The number of benzene rings is 1. The molecule has 2 nitrogen and oxygen atoms in total. The minimum absolute atomic E-state index is 0.0280. The first-order valence-corrected chi connectivity index (χ1v) is 7.50. The molecule has 1 aromatic carbocycles. The van der Waals surface area contributed by atoms with Gasteiger partial charge in [0, 0.05) is 18.7 Å². The summed E-state index contributed by atoms with van der Waals surface area (Å²) in [5.74, 6) is 0.671. The Hall–Kier alpha value is -1.07. The van der Waals surface area contributed by atoms with Crippen LogP contribution in [0.1, 0.15) is 43.4 Å². The Bertz CT molecular complexity index is 481. The number of nitrogens with one attached hydrogen (secondary N) is 1. The molecule has 1 heterocycles. The van der Waals surface area contributed by atoms with Crippen molar-refractivity contribution in [3.63, 3.8) is 0 Å². The van der Waals surface area contributed by atoms with Gasteiger partial charge in [-0.25, -0.2) is 0 Å². The van der Waals surface area contributed by atoms with Crippen molar-refractivity contribution < 1.29 is 17.9 Å². The lowest BCUT2D eigenvalue weighted by molar-refractivity contribution is -0.137. The maximum Gasteiger partial charge on any atom is 0.416 e. The quantitative estimate of drug-likeness (QED) is 0.909. The molecule has 1 N–H and O–H groups in total. The molecule has 0 aromatic heterocycles. The Morgan fingerprint density at radius 3 is 2.38 bits per heavy atom. The SMILES string of the molecule is CC(NC1CCOC1C1CC1)c1ccc(C(F)(F)F)cc1. The van der Waals surface area contributed by atoms with E-state index < -0.39 is 11.7 Å². The molecule has 21 heavy (non-hydrogen) atoms. The van der Waals surface area contributed by atoms with Crippen molar-refractivity contribution in [2.24, 2.45) is 5.92 Å². The molecule has 3 unspecified atom stereocenters. The average molecular weight is 299 g/mol. The van der Waals surface area contributed by atoms with Crippen LogP contribution in [0.5, 0.6) is 0 Å². The van der Waals surface area contributed by atoms with Gasteiger partial charge in [0.05, 0.1) is 11.7 Å². The van der Waals surface area contributed by atoms with Crippen molar-refractivity contribution in [3.05, 3.63) is 35.4 Å². The van der Waals surface area contributed by atoms with Crippen molar-refractivity contribution >= 4 is 0 Å². The third-order valence-electron chi connectivity index (χ3n) is 4.42. The van der Waals surface area contributed by atoms with Gasteiger partial charge in [-0.2, -0.15) is 13.2 Å². The van der Waals surface area contributed by atoms with E-state index in [4.69, 9.17) is 4.74 Å². The molecule has 0 bridgehead atoms. The standard InChI is InChI=1S/C16H20F3NO/c1-10(11-4-6-13(7-5-11)16(17,18)19)20-14-8-9-21-15(14)12-2-3-12/h4-7,10,12,14-15,20H,2-3,8-9H2,1H3. The summed E-state index contributed by atoms with van der Waals surface area (Å²) >= 11 is 0. The highest BCUT2D eigenvalue weighted by Crippen LogP contribution is 2.39. The molecule has 1 aromatic rings. The lowest BCUT2D eigenvalue weighted by Gasteiger charge is -2.24. The van der Waals surface area contributed by atoms with Crippen molar-refractivity contribution in [3.8, 4) is 0 Å². The van der Waals surface area contributed by atoms with E-state index in [0.717, 1.165) is 30.7 Å². The summed E-state index contributed by atoms with van der Waals surface area (Å²) in [6.07, 6.45) is -0.547. The van der Waals surface area contributed by atoms with Gasteiger partial charge in [-0.15, -0.1) is 0 Å². The fourth-order valence-corrected chi connectivity index (χ4v) is 3.06. The van der Waals surface area contributed by atoms with Crippen molar-refractivity contribution in [2.45, 2.75) is 50.6 Å². The number of alkyl halides is 3. The fourth-order valence-electron chi connectivity index (χ4n) is 3.06. The molecule has 2 aliphatic rings. The maximum absolute atomic E-state index is 12.6. The summed E-state index contributed by atoms with van der Waals surface area (Å²) in [5, 5.41) is 3.52. The summed E-state index contributed by atoms with van der Waals surface area (Å²) in [7, 11) is 0. The second-order valence-electron chi connectivity index (χ2n) is 6.08. The van der Waals surface area contributed by atoms with Crippen LogP contribution in [0.25, 0.3) is 0 Å². The average Bonchev–Trinajstić information content (AvgIpc) is 3.18. The van der Waals surface area contributed by atoms with Crippen LogP contribution in [0.3, 0.4) is 0 Å². The smallest absolute Gasteiger partial charge is 0.376 e. The highest BCUT2D eigenvalue weighted by Gasteiger charge is 2.40. The second kappa shape index (κ2) is 5.61. The van der Waals surface area contributed by atoms with E-state index in [0.29, 0.717) is 12.0 Å². The molecule has 3 atom stereocenters. The van der Waals surface area contributed by atoms with Gasteiger partial charge in [0.1, 0.15) is 0 Å². The largest absolute Gasteiger partial charge is 0.416 e. The highest BCUT2D eigenvalue weighted by atomic mass is 19.4. The zero-order chi connectivity index (χ0) is 15.0. The van der Waals surface area contributed by atoms with Crippen LogP contribution in [0.4, 0.5) is 13.2 Å². The molecular weight excluding hydrogens is 279 g/mol. The molecule has 0 amide bonds. The Balaban J connectivity index is 1.63. The number of hydrogen-bond acceptors (Lipinski definition) is 2. The third kappa shape index (κ3) is 3.40. The molecule has 5 heteroatoms. The molecule has 0 radical (unpaired) electrons. The summed E-state index contributed by atoms with van der Waals surface area (Å²) in [6.45, 7) is 2.77. The molecular formula is C16H20F3NO. The Morgan fingerprint density at radius 1 is 1.14 bits per heavy atom.